The molecule has 2 heterocycles. The third-order valence-electron chi connectivity index (χ3n) is 4.29. The van der Waals surface area contributed by atoms with Gasteiger partial charge in [-0.2, -0.15) is 5.10 Å². The Morgan fingerprint density at radius 2 is 1.92 bits per heavy atom. The molecule has 2 N–H and O–H groups in total. The predicted octanol–water partition coefficient (Wildman–Crippen LogP) is 1.85. The Morgan fingerprint density at radius 1 is 1.32 bits per heavy atom. The number of nitrogens with two attached hydrogens (primary N) is 1. The normalized spacial score (nSPS) is 17.1. The zero-order valence-corrected chi connectivity index (χ0v) is 13.8. The van der Waals surface area contributed by atoms with Gasteiger partial charge in [-0.15, -0.1) is 0 Å². The van der Waals surface area contributed by atoms with Crippen molar-refractivity contribution in [2.75, 3.05) is 13.1 Å². The average Bonchev–Trinajstić information content (AvgIpc) is 2.99. The third kappa shape index (κ3) is 3.97. The van der Waals surface area contributed by atoms with Crippen molar-refractivity contribution in [3.8, 4) is 0 Å². The molecule has 25 heavy (non-hydrogen) atoms. The molecule has 11 heteroatoms. The standard InChI is InChI=1S/C14H16F4N4O2S/c15-11(16)8-5-9(12(17)18)22(20-8)6-10(24)21-3-1-14(7-23,2-4-21)13(19)25/h5,7,11-12H,1-4,6H2,(H2,19,25). The predicted molar refractivity (Wildman–Crippen MR) is 83.2 cm³/mol. The topological polar surface area (TPSA) is 81.2 Å². The first-order chi connectivity index (χ1) is 11.7. The van der Waals surface area contributed by atoms with Crippen LogP contribution in [0.5, 0.6) is 0 Å². The zero-order chi connectivity index (χ0) is 18.8. The van der Waals surface area contributed by atoms with Gasteiger partial charge in [-0.05, 0) is 18.9 Å². The van der Waals surface area contributed by atoms with Crippen LogP contribution in [0.25, 0.3) is 0 Å². The van der Waals surface area contributed by atoms with Crippen molar-refractivity contribution in [2.24, 2.45) is 11.1 Å². The van der Waals surface area contributed by atoms with Crippen LogP contribution in [0.3, 0.4) is 0 Å². The van der Waals surface area contributed by atoms with Gasteiger partial charge in [0.05, 0.1) is 10.4 Å². The first-order valence-corrected chi connectivity index (χ1v) is 7.79. The smallest absolute Gasteiger partial charge is 0.282 e. The Bertz CT molecular complexity index is 672. The molecule has 0 bridgehead atoms. The van der Waals surface area contributed by atoms with E-state index in [0.717, 1.165) is 0 Å². The fourth-order valence-electron chi connectivity index (χ4n) is 2.67. The lowest BCUT2D eigenvalue weighted by molar-refractivity contribution is -0.135. The van der Waals surface area contributed by atoms with Gasteiger partial charge >= 0.3 is 0 Å². The number of nitrogens with zero attached hydrogens (tertiary/aromatic N) is 3. The van der Waals surface area contributed by atoms with Crippen molar-refractivity contribution in [2.45, 2.75) is 32.2 Å². The average molecular weight is 380 g/mol. The number of hydrogen-bond acceptors (Lipinski definition) is 4. The number of carbonyl (C=O) groups is 2. The van der Waals surface area contributed by atoms with Crippen molar-refractivity contribution in [3.05, 3.63) is 17.5 Å². The summed E-state index contributed by atoms with van der Waals surface area (Å²) < 4.78 is 51.7. The number of amides is 1. The molecule has 0 aromatic carbocycles. The Labute approximate surface area is 145 Å². The summed E-state index contributed by atoms with van der Waals surface area (Å²) >= 11 is 4.88. The molecule has 6 nitrogen and oxygen atoms in total. The number of carbonyl (C=O) groups excluding carboxylic acids is 2. The molecule has 2 rings (SSSR count). The number of thiocarbonyl (C=S) groups is 1. The van der Waals surface area contributed by atoms with Crippen molar-refractivity contribution in [1.29, 1.82) is 0 Å². The molecule has 0 unspecified atom stereocenters. The summed E-state index contributed by atoms with van der Waals surface area (Å²) in [5.74, 6) is -0.562. The second-order valence-corrected chi connectivity index (χ2v) is 6.21. The summed E-state index contributed by atoms with van der Waals surface area (Å²) in [6.07, 6.45) is -4.94. The summed E-state index contributed by atoms with van der Waals surface area (Å²) in [4.78, 5) is 24.9. The minimum Gasteiger partial charge on any atom is -0.392 e. The molecule has 0 aliphatic carbocycles. The van der Waals surface area contributed by atoms with E-state index in [1.54, 1.807) is 0 Å². The second kappa shape index (κ2) is 7.46. The minimum atomic E-state index is -3.04. The molecule has 1 fully saturated rings. The van der Waals surface area contributed by atoms with Crippen LogP contribution in [0.4, 0.5) is 17.6 Å². The van der Waals surface area contributed by atoms with Gasteiger partial charge < -0.3 is 15.4 Å². The number of likely N-dealkylation sites (tertiary alicyclic amines) is 1. The molecule has 1 aliphatic heterocycles. The van der Waals surface area contributed by atoms with E-state index >= 15 is 0 Å². The molecule has 138 valence electrons. The first-order valence-electron chi connectivity index (χ1n) is 7.38. The van der Waals surface area contributed by atoms with E-state index in [9.17, 15) is 27.2 Å². The SMILES string of the molecule is NC(=S)C1(C=O)CCN(C(=O)Cn2nc(C(F)F)cc2C(F)F)CC1. The lowest BCUT2D eigenvalue weighted by atomic mass is 9.80. The van der Waals surface area contributed by atoms with Crippen molar-refractivity contribution >= 4 is 29.4 Å². The van der Waals surface area contributed by atoms with Gasteiger partial charge in [0.1, 0.15) is 24.2 Å². The molecule has 0 radical (unpaired) electrons. The molecule has 1 saturated heterocycles. The van der Waals surface area contributed by atoms with Gasteiger partial charge in [0, 0.05) is 13.1 Å². The maximum Gasteiger partial charge on any atom is 0.282 e. The summed E-state index contributed by atoms with van der Waals surface area (Å²) in [6, 6.07) is 0.586. The van der Waals surface area contributed by atoms with Gasteiger partial charge in [0.2, 0.25) is 5.91 Å². The van der Waals surface area contributed by atoms with Crippen molar-refractivity contribution in [1.82, 2.24) is 14.7 Å². The number of hydrogen-bond donors (Lipinski definition) is 1. The van der Waals surface area contributed by atoms with Gasteiger partial charge in [-0.25, -0.2) is 17.6 Å². The van der Waals surface area contributed by atoms with E-state index < -0.39 is 42.1 Å². The quantitative estimate of drug-likeness (QED) is 0.463. The summed E-state index contributed by atoms with van der Waals surface area (Å²) in [7, 11) is 0. The fourth-order valence-corrected chi connectivity index (χ4v) is 2.92. The first kappa shape index (κ1) is 19.3. The molecule has 1 aromatic rings. The van der Waals surface area contributed by atoms with Crippen LogP contribution in [0.2, 0.25) is 0 Å². The highest BCUT2D eigenvalue weighted by atomic mass is 32.1. The maximum absolute atomic E-state index is 12.9. The third-order valence-corrected chi connectivity index (χ3v) is 4.69. The number of halogens is 4. The largest absolute Gasteiger partial charge is 0.392 e. The van der Waals surface area contributed by atoms with E-state index in [1.165, 1.54) is 4.90 Å². The minimum absolute atomic E-state index is 0.0447. The van der Waals surface area contributed by atoms with Crippen molar-refractivity contribution < 1.29 is 27.2 Å². The Morgan fingerprint density at radius 3 is 2.36 bits per heavy atom. The molecular weight excluding hydrogens is 364 g/mol. The number of piperidine rings is 1. The molecule has 1 aliphatic rings. The Kier molecular flexibility index (Phi) is 5.76. The van der Waals surface area contributed by atoms with E-state index in [1.807, 2.05) is 0 Å². The van der Waals surface area contributed by atoms with Gasteiger partial charge in [0.15, 0.2) is 0 Å². The van der Waals surface area contributed by atoms with Crippen LogP contribution in [0.1, 0.15) is 37.1 Å². The summed E-state index contributed by atoms with van der Waals surface area (Å²) in [5, 5.41) is 3.38. The molecule has 1 aromatic heterocycles. The number of aldehydes is 1. The van der Waals surface area contributed by atoms with Crippen LogP contribution >= 0.6 is 12.2 Å². The summed E-state index contributed by atoms with van der Waals surface area (Å²) in [5.41, 5.74) is 3.04. The molecule has 0 saturated carbocycles. The van der Waals surface area contributed by atoms with Crippen LogP contribution < -0.4 is 5.73 Å². The van der Waals surface area contributed by atoms with Gasteiger partial charge in [0.25, 0.3) is 12.9 Å². The molecule has 0 atom stereocenters. The summed E-state index contributed by atoms with van der Waals surface area (Å²) in [6.45, 7) is -0.280. The van der Waals surface area contributed by atoms with E-state index in [2.05, 4.69) is 5.10 Å². The van der Waals surface area contributed by atoms with Gasteiger partial charge in [-0.3, -0.25) is 9.48 Å². The Hall–Kier alpha value is -2.04. The van der Waals surface area contributed by atoms with E-state index in [-0.39, 0.29) is 30.9 Å². The number of alkyl halides is 4. The van der Waals surface area contributed by atoms with Gasteiger partial charge in [-0.1, -0.05) is 12.2 Å². The lowest BCUT2D eigenvalue weighted by Gasteiger charge is -2.37. The fraction of sp³-hybridized carbons (Fsp3) is 0.571. The number of rotatable bonds is 6. The van der Waals surface area contributed by atoms with Crippen molar-refractivity contribution in [3.63, 3.8) is 0 Å². The van der Waals surface area contributed by atoms with Crippen LogP contribution in [0, 0.1) is 5.41 Å². The lowest BCUT2D eigenvalue weighted by Crippen LogP contribution is -2.49. The van der Waals surface area contributed by atoms with E-state index in [0.29, 0.717) is 17.0 Å². The maximum atomic E-state index is 12.9. The highest BCUT2D eigenvalue weighted by Crippen LogP contribution is 2.30. The van der Waals surface area contributed by atoms with E-state index in [4.69, 9.17) is 18.0 Å². The monoisotopic (exact) mass is 380 g/mol. The highest BCUT2D eigenvalue weighted by Gasteiger charge is 2.38. The highest BCUT2D eigenvalue weighted by molar-refractivity contribution is 7.80. The molecule has 0 spiro atoms. The zero-order valence-electron chi connectivity index (χ0n) is 13.0. The molecule has 1 amide bonds. The molecular formula is C14H16F4N4O2S. The second-order valence-electron chi connectivity index (χ2n) is 5.77. The van der Waals surface area contributed by atoms with Crippen LogP contribution in [-0.4, -0.2) is 45.0 Å². The number of aromatic nitrogens is 2. The van der Waals surface area contributed by atoms with Crippen LogP contribution in [-0.2, 0) is 16.1 Å². The Balaban J connectivity index is 2.09. The van der Waals surface area contributed by atoms with Crippen LogP contribution in [0.15, 0.2) is 6.07 Å².